The number of hydrogen-bond acceptors (Lipinski definition) is 2. The topological polar surface area (TPSA) is 9.23 Å². The van der Waals surface area contributed by atoms with Crippen molar-refractivity contribution in [2.75, 3.05) is 6.26 Å². The largest absolute Gasteiger partial charge is 0.371 e. The minimum atomic E-state index is -0.0574. The molecule has 78 valence electrons. The normalized spacial score (nSPS) is 11.7. The zero-order valence-corrected chi connectivity index (χ0v) is 10.1. The van der Waals surface area contributed by atoms with Crippen molar-refractivity contribution in [3.05, 3.63) is 29.8 Å². The van der Waals surface area contributed by atoms with Gasteiger partial charge in [0, 0.05) is 4.90 Å². The quantitative estimate of drug-likeness (QED) is 0.703. The Labute approximate surface area is 90.9 Å². The maximum atomic E-state index is 5.68. The molecule has 1 aromatic carbocycles. The molecule has 0 aliphatic carbocycles. The number of benzene rings is 1. The van der Waals surface area contributed by atoms with Gasteiger partial charge in [-0.3, -0.25) is 0 Å². The van der Waals surface area contributed by atoms with Crippen molar-refractivity contribution in [3.63, 3.8) is 0 Å². The van der Waals surface area contributed by atoms with Gasteiger partial charge in [0.2, 0.25) is 0 Å². The molecule has 0 unspecified atom stereocenters. The molecule has 0 spiro atoms. The van der Waals surface area contributed by atoms with Crippen LogP contribution >= 0.6 is 11.8 Å². The maximum Gasteiger partial charge on any atom is 0.0724 e. The number of thioether (sulfide) groups is 1. The lowest BCUT2D eigenvalue weighted by atomic mass is 10.2. The molecule has 0 atom stereocenters. The predicted molar refractivity (Wildman–Crippen MR) is 62.8 cm³/mol. The summed E-state index contributed by atoms with van der Waals surface area (Å²) in [5.41, 5.74) is 1.18. The summed E-state index contributed by atoms with van der Waals surface area (Å²) >= 11 is 1.76. The van der Waals surface area contributed by atoms with Gasteiger partial charge in [0.15, 0.2) is 0 Å². The Hall–Kier alpha value is -0.470. The van der Waals surface area contributed by atoms with Gasteiger partial charge in [0.25, 0.3) is 0 Å². The summed E-state index contributed by atoms with van der Waals surface area (Å²) in [5, 5.41) is 0. The molecule has 0 aliphatic heterocycles. The first-order valence-electron chi connectivity index (χ1n) is 4.78. The van der Waals surface area contributed by atoms with Crippen molar-refractivity contribution < 1.29 is 4.74 Å². The minimum absolute atomic E-state index is 0.0574. The SMILES string of the molecule is CSc1ccc(COC(C)(C)C)cc1. The van der Waals surface area contributed by atoms with Gasteiger partial charge in [-0.1, -0.05) is 12.1 Å². The molecule has 0 saturated heterocycles. The molecule has 0 radical (unpaired) electrons. The second-order valence-corrected chi connectivity index (χ2v) is 5.13. The molecule has 0 N–H and O–H groups in total. The van der Waals surface area contributed by atoms with Gasteiger partial charge in [-0.2, -0.15) is 0 Å². The van der Waals surface area contributed by atoms with Crippen LogP contribution in [0.15, 0.2) is 29.2 Å². The van der Waals surface area contributed by atoms with Crippen molar-refractivity contribution >= 4 is 11.8 Å². The van der Waals surface area contributed by atoms with E-state index in [1.54, 1.807) is 11.8 Å². The predicted octanol–water partition coefficient (Wildman–Crippen LogP) is 3.72. The lowest BCUT2D eigenvalue weighted by molar-refractivity contribution is -0.0149. The fourth-order valence-corrected chi connectivity index (χ4v) is 1.43. The molecular formula is C12H18OS. The first-order chi connectivity index (χ1) is 6.51. The Kier molecular flexibility index (Phi) is 4.02. The van der Waals surface area contributed by atoms with Crippen LogP contribution in [-0.4, -0.2) is 11.9 Å². The molecule has 14 heavy (non-hydrogen) atoms. The summed E-state index contributed by atoms with van der Waals surface area (Å²) in [6, 6.07) is 8.51. The Bertz CT molecular complexity index is 271. The molecular weight excluding hydrogens is 192 g/mol. The molecule has 0 fully saturated rings. The van der Waals surface area contributed by atoms with Crippen LogP contribution in [0.4, 0.5) is 0 Å². The number of hydrogen-bond donors (Lipinski definition) is 0. The van der Waals surface area contributed by atoms with E-state index in [4.69, 9.17) is 4.74 Å². The molecule has 0 heterocycles. The average molecular weight is 210 g/mol. The number of ether oxygens (including phenoxy) is 1. The first kappa shape index (κ1) is 11.6. The lowest BCUT2D eigenvalue weighted by Gasteiger charge is -2.19. The second-order valence-electron chi connectivity index (χ2n) is 4.25. The third-order valence-electron chi connectivity index (χ3n) is 1.83. The van der Waals surface area contributed by atoms with Gasteiger partial charge in [0.05, 0.1) is 12.2 Å². The van der Waals surface area contributed by atoms with Crippen molar-refractivity contribution in [2.24, 2.45) is 0 Å². The van der Waals surface area contributed by atoms with Gasteiger partial charge < -0.3 is 4.74 Å². The van der Waals surface area contributed by atoms with Crippen molar-refractivity contribution in [1.29, 1.82) is 0 Å². The van der Waals surface area contributed by atoms with E-state index in [1.165, 1.54) is 10.5 Å². The summed E-state index contributed by atoms with van der Waals surface area (Å²) < 4.78 is 5.68. The van der Waals surface area contributed by atoms with E-state index >= 15 is 0 Å². The fraction of sp³-hybridized carbons (Fsp3) is 0.500. The van der Waals surface area contributed by atoms with Gasteiger partial charge >= 0.3 is 0 Å². The van der Waals surface area contributed by atoms with Crippen LogP contribution in [0.1, 0.15) is 26.3 Å². The molecule has 0 bridgehead atoms. The lowest BCUT2D eigenvalue weighted by Crippen LogP contribution is -2.18. The first-order valence-corrected chi connectivity index (χ1v) is 6.00. The molecule has 1 aromatic rings. The molecule has 2 heteroatoms. The fourth-order valence-electron chi connectivity index (χ4n) is 1.02. The van der Waals surface area contributed by atoms with Crippen LogP contribution < -0.4 is 0 Å². The Balaban J connectivity index is 2.52. The Morgan fingerprint density at radius 2 is 1.71 bits per heavy atom. The van der Waals surface area contributed by atoms with E-state index in [0.717, 1.165) is 0 Å². The molecule has 0 saturated carbocycles. The van der Waals surface area contributed by atoms with Gasteiger partial charge in [-0.15, -0.1) is 11.8 Å². The van der Waals surface area contributed by atoms with E-state index in [9.17, 15) is 0 Å². The van der Waals surface area contributed by atoms with Crippen LogP contribution in [-0.2, 0) is 11.3 Å². The van der Waals surface area contributed by atoms with Crippen LogP contribution in [0.5, 0.6) is 0 Å². The molecule has 0 amide bonds. The second kappa shape index (κ2) is 4.85. The van der Waals surface area contributed by atoms with E-state index < -0.39 is 0 Å². The smallest absolute Gasteiger partial charge is 0.0724 e. The highest BCUT2D eigenvalue weighted by Crippen LogP contribution is 2.17. The summed E-state index contributed by atoms with van der Waals surface area (Å²) in [5.74, 6) is 0. The highest BCUT2D eigenvalue weighted by Gasteiger charge is 2.09. The van der Waals surface area contributed by atoms with Crippen LogP contribution in [0.3, 0.4) is 0 Å². The third-order valence-corrected chi connectivity index (χ3v) is 2.57. The monoisotopic (exact) mass is 210 g/mol. The zero-order valence-electron chi connectivity index (χ0n) is 9.33. The van der Waals surface area contributed by atoms with Gasteiger partial charge in [0.1, 0.15) is 0 Å². The third kappa shape index (κ3) is 4.16. The van der Waals surface area contributed by atoms with Gasteiger partial charge in [-0.25, -0.2) is 0 Å². The van der Waals surface area contributed by atoms with E-state index in [2.05, 4.69) is 51.3 Å². The summed E-state index contributed by atoms with van der Waals surface area (Å²) in [6.07, 6.45) is 2.08. The van der Waals surface area contributed by atoms with Gasteiger partial charge in [-0.05, 0) is 44.7 Å². The Morgan fingerprint density at radius 3 is 2.14 bits per heavy atom. The standard InChI is InChI=1S/C12H18OS/c1-12(2,3)13-9-10-5-7-11(14-4)8-6-10/h5-8H,9H2,1-4H3. The van der Waals surface area contributed by atoms with Crippen molar-refractivity contribution in [3.8, 4) is 0 Å². The maximum absolute atomic E-state index is 5.68. The van der Waals surface area contributed by atoms with E-state index in [0.29, 0.717) is 6.61 Å². The molecule has 0 aromatic heterocycles. The summed E-state index contributed by atoms with van der Waals surface area (Å²) in [7, 11) is 0. The minimum Gasteiger partial charge on any atom is -0.371 e. The van der Waals surface area contributed by atoms with E-state index in [1.807, 2.05) is 0 Å². The summed E-state index contributed by atoms with van der Waals surface area (Å²) in [4.78, 5) is 1.30. The van der Waals surface area contributed by atoms with Crippen LogP contribution in [0, 0.1) is 0 Å². The Morgan fingerprint density at radius 1 is 1.14 bits per heavy atom. The highest BCUT2D eigenvalue weighted by molar-refractivity contribution is 7.98. The van der Waals surface area contributed by atoms with Crippen LogP contribution in [0.2, 0.25) is 0 Å². The average Bonchev–Trinajstić information content (AvgIpc) is 2.14. The van der Waals surface area contributed by atoms with Crippen LogP contribution in [0.25, 0.3) is 0 Å². The zero-order chi connectivity index (χ0) is 10.6. The van der Waals surface area contributed by atoms with Crippen molar-refractivity contribution in [1.82, 2.24) is 0 Å². The molecule has 0 aliphatic rings. The summed E-state index contributed by atoms with van der Waals surface area (Å²) in [6.45, 7) is 6.91. The van der Waals surface area contributed by atoms with Crippen molar-refractivity contribution in [2.45, 2.75) is 37.9 Å². The highest BCUT2D eigenvalue weighted by atomic mass is 32.2. The van der Waals surface area contributed by atoms with E-state index in [-0.39, 0.29) is 5.60 Å². The number of rotatable bonds is 3. The molecule has 1 nitrogen and oxygen atoms in total. The molecule has 1 rings (SSSR count).